The monoisotopic (exact) mass is 499 g/mol. The van der Waals surface area contributed by atoms with Crippen LogP contribution >= 0.6 is 23.1 Å². The number of nitrogens with zero attached hydrogens (tertiary/aromatic N) is 5. The molecule has 180 valence electrons. The molecular formula is C25H30FN5OS2. The Labute approximate surface area is 208 Å². The van der Waals surface area contributed by atoms with Gasteiger partial charge in [0.2, 0.25) is 5.91 Å². The number of amides is 1. The van der Waals surface area contributed by atoms with Gasteiger partial charge in [-0.25, -0.2) is 4.39 Å². The van der Waals surface area contributed by atoms with Gasteiger partial charge >= 0.3 is 0 Å². The van der Waals surface area contributed by atoms with Crippen molar-refractivity contribution in [1.29, 1.82) is 0 Å². The molecule has 0 saturated carbocycles. The quantitative estimate of drug-likeness (QED) is 0.463. The fraction of sp³-hybridized carbons (Fsp3) is 0.480. The zero-order chi connectivity index (χ0) is 23.7. The second-order valence-electron chi connectivity index (χ2n) is 9.05. The number of halogens is 1. The lowest BCUT2D eigenvalue weighted by Gasteiger charge is -2.36. The molecule has 0 N–H and O–H groups in total. The first-order valence-electron chi connectivity index (χ1n) is 11.9. The Morgan fingerprint density at radius 2 is 2.00 bits per heavy atom. The first kappa shape index (κ1) is 23.4. The molecule has 0 radical (unpaired) electrons. The van der Waals surface area contributed by atoms with Crippen molar-refractivity contribution in [3.8, 4) is 10.7 Å². The summed E-state index contributed by atoms with van der Waals surface area (Å²) in [5.41, 5.74) is 2.08. The predicted octanol–water partition coefficient (Wildman–Crippen LogP) is 4.64. The zero-order valence-electron chi connectivity index (χ0n) is 19.7. The fourth-order valence-corrected chi connectivity index (χ4v) is 6.88. The van der Waals surface area contributed by atoms with Gasteiger partial charge in [-0.3, -0.25) is 4.79 Å². The Kier molecular flexibility index (Phi) is 6.92. The maximum atomic E-state index is 14.1. The number of hydrogen-bond donors (Lipinski definition) is 0. The molecule has 1 fully saturated rings. The molecule has 9 heteroatoms. The lowest BCUT2D eigenvalue weighted by molar-refractivity contribution is -0.128. The molecule has 2 aliphatic rings. The van der Waals surface area contributed by atoms with E-state index in [1.165, 1.54) is 52.4 Å². The molecular weight excluding hydrogens is 469 g/mol. The minimum atomic E-state index is -0.215. The van der Waals surface area contributed by atoms with Gasteiger partial charge in [0.25, 0.3) is 0 Å². The molecule has 3 aromatic rings. The molecule has 1 amide bonds. The number of carbonyl (C=O) groups excluding carboxylic acids is 1. The highest BCUT2D eigenvalue weighted by Crippen LogP contribution is 2.38. The van der Waals surface area contributed by atoms with Crippen LogP contribution in [0.2, 0.25) is 0 Å². The highest BCUT2D eigenvalue weighted by Gasteiger charge is 2.25. The van der Waals surface area contributed by atoms with E-state index in [2.05, 4.69) is 23.2 Å². The average Bonchev–Trinajstić information content (AvgIpc) is 3.45. The number of hydrogen-bond acceptors (Lipinski definition) is 6. The van der Waals surface area contributed by atoms with Crippen LogP contribution in [0.1, 0.15) is 30.2 Å². The zero-order valence-corrected chi connectivity index (χ0v) is 21.3. The lowest BCUT2D eigenvalue weighted by Crippen LogP contribution is -2.49. The van der Waals surface area contributed by atoms with E-state index in [1.54, 1.807) is 12.1 Å². The Balaban J connectivity index is 1.17. The summed E-state index contributed by atoms with van der Waals surface area (Å²) in [6.07, 6.45) is 4.85. The van der Waals surface area contributed by atoms with Crippen LogP contribution in [-0.4, -0.2) is 57.5 Å². The fourth-order valence-electron chi connectivity index (χ4n) is 4.84. The van der Waals surface area contributed by atoms with E-state index in [9.17, 15) is 9.18 Å². The first-order chi connectivity index (χ1) is 16.5. The van der Waals surface area contributed by atoms with Crippen LogP contribution in [0.5, 0.6) is 0 Å². The molecule has 5 rings (SSSR count). The van der Waals surface area contributed by atoms with Crippen LogP contribution in [0, 0.1) is 11.7 Å². The summed E-state index contributed by atoms with van der Waals surface area (Å²) in [7, 11) is 1.98. The van der Waals surface area contributed by atoms with Crippen molar-refractivity contribution >= 4 is 34.7 Å². The summed E-state index contributed by atoms with van der Waals surface area (Å²) in [4.78, 5) is 19.3. The molecule has 1 atom stereocenters. The second-order valence-corrected chi connectivity index (χ2v) is 11.1. The number of piperazine rings is 1. The number of aromatic nitrogens is 3. The molecule has 0 bridgehead atoms. The topological polar surface area (TPSA) is 54.3 Å². The van der Waals surface area contributed by atoms with E-state index in [0.29, 0.717) is 37.6 Å². The molecule has 34 heavy (non-hydrogen) atoms. The third-order valence-electron chi connectivity index (χ3n) is 6.97. The van der Waals surface area contributed by atoms with Crippen LogP contribution in [0.15, 0.2) is 35.5 Å². The van der Waals surface area contributed by atoms with Crippen molar-refractivity contribution in [3.63, 3.8) is 0 Å². The molecule has 1 saturated heterocycles. The molecule has 1 aliphatic heterocycles. The maximum Gasteiger partial charge on any atom is 0.233 e. The van der Waals surface area contributed by atoms with Crippen molar-refractivity contribution in [2.45, 2.75) is 37.8 Å². The Morgan fingerprint density at radius 3 is 2.76 bits per heavy atom. The van der Waals surface area contributed by atoms with Crippen molar-refractivity contribution in [1.82, 2.24) is 19.7 Å². The van der Waals surface area contributed by atoms with Crippen LogP contribution < -0.4 is 4.90 Å². The number of carbonyl (C=O) groups is 1. The van der Waals surface area contributed by atoms with E-state index < -0.39 is 0 Å². The minimum absolute atomic E-state index is 0.0833. The summed E-state index contributed by atoms with van der Waals surface area (Å²) in [6.45, 7) is 4.73. The van der Waals surface area contributed by atoms with Crippen LogP contribution in [0.4, 0.5) is 10.1 Å². The summed E-state index contributed by atoms with van der Waals surface area (Å²) in [5.74, 6) is 1.86. The van der Waals surface area contributed by atoms with Gasteiger partial charge in [0.1, 0.15) is 5.82 Å². The first-order valence-corrected chi connectivity index (χ1v) is 13.7. The van der Waals surface area contributed by atoms with Crippen LogP contribution in [0.3, 0.4) is 0 Å². The number of rotatable bonds is 6. The number of aryl methyl sites for hydroxylation is 1. The normalized spacial score (nSPS) is 18.3. The van der Waals surface area contributed by atoms with Gasteiger partial charge in [0, 0.05) is 38.1 Å². The number of thiophene rings is 1. The Bertz CT molecular complexity index is 1170. The highest BCUT2D eigenvalue weighted by atomic mass is 32.2. The average molecular weight is 500 g/mol. The smallest absolute Gasteiger partial charge is 0.233 e. The molecule has 6 nitrogen and oxygen atoms in total. The van der Waals surface area contributed by atoms with Crippen molar-refractivity contribution in [2.75, 3.05) is 36.8 Å². The maximum absolute atomic E-state index is 14.1. The minimum Gasteiger partial charge on any atom is -0.366 e. The number of benzene rings is 1. The summed E-state index contributed by atoms with van der Waals surface area (Å²) < 4.78 is 16.1. The molecule has 2 aromatic heterocycles. The van der Waals surface area contributed by atoms with Crippen LogP contribution in [0.25, 0.3) is 10.7 Å². The highest BCUT2D eigenvalue weighted by molar-refractivity contribution is 7.99. The van der Waals surface area contributed by atoms with E-state index in [4.69, 9.17) is 0 Å². The molecule has 1 aliphatic carbocycles. The number of para-hydroxylation sites is 1. The SMILES string of the molecule is CCC1CCc2sc(-c3nnc(SCC(=O)N4CCN(c5ccccc5F)CC4)n3C)cc2C1. The largest absolute Gasteiger partial charge is 0.366 e. The van der Waals surface area contributed by atoms with Gasteiger partial charge in [0.15, 0.2) is 11.0 Å². The second kappa shape index (κ2) is 10.1. The molecule has 3 heterocycles. The molecule has 1 aromatic carbocycles. The van der Waals surface area contributed by atoms with Gasteiger partial charge < -0.3 is 14.4 Å². The van der Waals surface area contributed by atoms with Crippen LogP contribution in [-0.2, 0) is 24.7 Å². The van der Waals surface area contributed by atoms with Gasteiger partial charge in [-0.2, -0.15) is 0 Å². The third-order valence-corrected chi connectivity index (χ3v) is 9.21. The van der Waals surface area contributed by atoms with E-state index in [-0.39, 0.29) is 11.7 Å². The molecule has 1 unspecified atom stereocenters. The number of fused-ring (bicyclic) bond motifs is 1. The number of thioether (sulfide) groups is 1. The summed E-state index contributed by atoms with van der Waals surface area (Å²) in [6, 6.07) is 9.10. The third kappa shape index (κ3) is 4.73. The predicted molar refractivity (Wildman–Crippen MR) is 136 cm³/mol. The Morgan fingerprint density at radius 1 is 1.21 bits per heavy atom. The molecule has 0 spiro atoms. The Hall–Kier alpha value is -2.39. The van der Waals surface area contributed by atoms with E-state index in [0.717, 1.165) is 23.3 Å². The summed E-state index contributed by atoms with van der Waals surface area (Å²) >= 11 is 3.27. The van der Waals surface area contributed by atoms with Gasteiger partial charge in [-0.15, -0.1) is 21.5 Å². The van der Waals surface area contributed by atoms with Crippen molar-refractivity contribution < 1.29 is 9.18 Å². The van der Waals surface area contributed by atoms with Crippen molar-refractivity contribution in [2.24, 2.45) is 13.0 Å². The number of anilines is 1. The standard InChI is InChI=1S/C25H30FN5OS2/c1-3-17-8-9-21-18(14-17)15-22(34-21)24-27-28-25(29(24)2)33-16-23(32)31-12-10-30(11-13-31)20-7-5-4-6-19(20)26/h4-7,15,17H,3,8-14,16H2,1-2H3. The summed E-state index contributed by atoms with van der Waals surface area (Å²) in [5, 5.41) is 9.57. The van der Waals surface area contributed by atoms with E-state index >= 15 is 0 Å². The lowest BCUT2D eigenvalue weighted by atomic mass is 9.87. The van der Waals surface area contributed by atoms with E-state index in [1.807, 2.05) is 38.8 Å². The van der Waals surface area contributed by atoms with Gasteiger partial charge in [-0.1, -0.05) is 37.2 Å². The van der Waals surface area contributed by atoms with Gasteiger partial charge in [-0.05, 0) is 48.9 Å². The van der Waals surface area contributed by atoms with Crippen molar-refractivity contribution in [3.05, 3.63) is 46.6 Å². The van der Waals surface area contributed by atoms with Gasteiger partial charge in [0.05, 0.1) is 16.3 Å².